The number of halogens is 2. The van der Waals surface area contributed by atoms with E-state index in [1.54, 1.807) is 6.07 Å². The van der Waals surface area contributed by atoms with Crippen molar-refractivity contribution in [1.29, 1.82) is 5.26 Å². The van der Waals surface area contributed by atoms with Crippen LogP contribution in [0.25, 0.3) is 0 Å². The summed E-state index contributed by atoms with van der Waals surface area (Å²) < 4.78 is 13.1. The first kappa shape index (κ1) is 13.8. The van der Waals surface area contributed by atoms with Crippen molar-refractivity contribution in [2.45, 2.75) is 0 Å². The smallest absolute Gasteiger partial charge is 0.310 e. The minimum Gasteiger partial charge on any atom is -0.350 e. The van der Waals surface area contributed by atoms with Crippen LogP contribution in [0.15, 0.2) is 36.4 Å². The van der Waals surface area contributed by atoms with E-state index in [0.717, 1.165) is 6.07 Å². The molecule has 0 saturated carbocycles. The standard InChI is InChI=1S/C13H7ClFN3O2/c14-10-6-9(4-5-11(10)15)17-12-3-1-2-8(7-16)13(12)18(19)20/h1-6,17H. The van der Waals surface area contributed by atoms with Crippen LogP contribution in [0.4, 0.5) is 21.5 Å². The Hall–Kier alpha value is -2.65. The van der Waals surface area contributed by atoms with Gasteiger partial charge in [0.05, 0.1) is 9.95 Å². The van der Waals surface area contributed by atoms with Crippen LogP contribution in [0, 0.1) is 27.3 Å². The second-order valence-corrected chi connectivity index (χ2v) is 4.23. The SMILES string of the molecule is N#Cc1cccc(Nc2ccc(F)c(Cl)c2)c1[N+](=O)[O-]. The van der Waals surface area contributed by atoms with Gasteiger partial charge in [-0.15, -0.1) is 0 Å². The first-order valence-electron chi connectivity index (χ1n) is 5.42. The number of benzene rings is 2. The molecule has 0 aromatic heterocycles. The molecule has 1 N–H and O–H groups in total. The van der Waals surface area contributed by atoms with E-state index in [1.165, 1.54) is 30.3 Å². The molecule has 0 radical (unpaired) electrons. The van der Waals surface area contributed by atoms with E-state index >= 15 is 0 Å². The van der Waals surface area contributed by atoms with Gasteiger partial charge < -0.3 is 5.32 Å². The summed E-state index contributed by atoms with van der Waals surface area (Å²) in [5.41, 5.74) is 0.120. The van der Waals surface area contributed by atoms with Crippen LogP contribution in [0.5, 0.6) is 0 Å². The summed E-state index contributed by atoms with van der Waals surface area (Å²) in [4.78, 5) is 10.4. The molecule has 0 heterocycles. The quantitative estimate of drug-likeness (QED) is 0.684. The number of rotatable bonds is 3. The lowest BCUT2D eigenvalue weighted by molar-refractivity contribution is -0.384. The molecule has 2 aromatic rings. The lowest BCUT2D eigenvalue weighted by atomic mass is 10.1. The second-order valence-electron chi connectivity index (χ2n) is 3.82. The van der Waals surface area contributed by atoms with E-state index < -0.39 is 10.7 Å². The van der Waals surface area contributed by atoms with E-state index in [1.807, 2.05) is 0 Å². The third-order valence-electron chi connectivity index (χ3n) is 2.54. The van der Waals surface area contributed by atoms with Crippen LogP contribution >= 0.6 is 11.6 Å². The first-order valence-corrected chi connectivity index (χ1v) is 5.80. The van der Waals surface area contributed by atoms with Crippen molar-refractivity contribution in [1.82, 2.24) is 0 Å². The van der Waals surface area contributed by atoms with E-state index in [0.29, 0.717) is 5.69 Å². The highest BCUT2D eigenvalue weighted by molar-refractivity contribution is 6.31. The van der Waals surface area contributed by atoms with Crippen molar-refractivity contribution in [2.75, 3.05) is 5.32 Å². The monoisotopic (exact) mass is 291 g/mol. The molecular weight excluding hydrogens is 285 g/mol. The number of nitrogens with zero attached hydrogens (tertiary/aromatic N) is 2. The van der Waals surface area contributed by atoms with Crippen LogP contribution in [0.3, 0.4) is 0 Å². The molecular formula is C13H7ClFN3O2. The number of nitrogens with one attached hydrogen (secondary N) is 1. The molecule has 0 spiro atoms. The highest BCUT2D eigenvalue weighted by Crippen LogP contribution is 2.31. The van der Waals surface area contributed by atoms with Crippen molar-refractivity contribution >= 4 is 28.7 Å². The summed E-state index contributed by atoms with van der Waals surface area (Å²) >= 11 is 5.64. The van der Waals surface area contributed by atoms with Gasteiger partial charge in [0.25, 0.3) is 0 Å². The number of para-hydroxylation sites is 1. The van der Waals surface area contributed by atoms with E-state index in [9.17, 15) is 14.5 Å². The van der Waals surface area contributed by atoms with Crippen molar-refractivity contribution < 1.29 is 9.31 Å². The Kier molecular flexibility index (Phi) is 3.82. The van der Waals surface area contributed by atoms with Gasteiger partial charge in [-0.2, -0.15) is 5.26 Å². The Morgan fingerprint density at radius 1 is 1.35 bits per heavy atom. The molecule has 7 heteroatoms. The van der Waals surface area contributed by atoms with Gasteiger partial charge in [0.15, 0.2) is 0 Å². The summed E-state index contributed by atoms with van der Waals surface area (Å²) in [6, 6.07) is 9.91. The number of anilines is 2. The summed E-state index contributed by atoms with van der Waals surface area (Å²) in [6.45, 7) is 0. The molecule has 0 atom stereocenters. The fourth-order valence-corrected chi connectivity index (χ4v) is 1.84. The molecule has 0 bridgehead atoms. The van der Waals surface area contributed by atoms with Crippen LogP contribution in [-0.4, -0.2) is 4.92 Å². The normalized spacial score (nSPS) is 9.85. The maximum Gasteiger partial charge on any atom is 0.310 e. The molecule has 0 aliphatic heterocycles. The number of hydrogen-bond donors (Lipinski definition) is 1. The van der Waals surface area contributed by atoms with Crippen LogP contribution in [0.2, 0.25) is 5.02 Å². The molecule has 2 rings (SSSR count). The van der Waals surface area contributed by atoms with Gasteiger partial charge in [0.1, 0.15) is 23.1 Å². The molecule has 2 aromatic carbocycles. The van der Waals surface area contributed by atoms with Crippen molar-refractivity contribution in [3.63, 3.8) is 0 Å². The molecule has 0 aliphatic rings. The average Bonchev–Trinajstić information content (AvgIpc) is 2.42. The summed E-state index contributed by atoms with van der Waals surface area (Å²) in [6.07, 6.45) is 0. The Bertz CT molecular complexity index is 728. The Morgan fingerprint density at radius 3 is 2.70 bits per heavy atom. The van der Waals surface area contributed by atoms with Gasteiger partial charge in [0.2, 0.25) is 0 Å². The first-order chi connectivity index (χ1) is 9.52. The second kappa shape index (κ2) is 5.55. The van der Waals surface area contributed by atoms with E-state index in [4.69, 9.17) is 16.9 Å². The minimum absolute atomic E-state index is 0.0618. The summed E-state index contributed by atoms with van der Waals surface area (Å²) in [7, 11) is 0. The zero-order valence-electron chi connectivity index (χ0n) is 9.93. The molecule has 0 saturated heterocycles. The van der Waals surface area contributed by atoms with E-state index in [2.05, 4.69) is 5.32 Å². The van der Waals surface area contributed by atoms with Gasteiger partial charge >= 0.3 is 5.69 Å². The number of nitriles is 1. The lowest BCUT2D eigenvalue weighted by Gasteiger charge is -2.08. The van der Waals surface area contributed by atoms with Gasteiger partial charge in [-0.05, 0) is 30.3 Å². The third kappa shape index (κ3) is 2.68. The lowest BCUT2D eigenvalue weighted by Crippen LogP contribution is -1.99. The van der Waals surface area contributed by atoms with Crippen LogP contribution in [0.1, 0.15) is 5.56 Å². The fraction of sp³-hybridized carbons (Fsp3) is 0. The van der Waals surface area contributed by atoms with Gasteiger partial charge in [-0.25, -0.2) is 4.39 Å². The molecule has 0 amide bonds. The van der Waals surface area contributed by atoms with Gasteiger partial charge in [0, 0.05) is 5.69 Å². The minimum atomic E-state index is -0.647. The van der Waals surface area contributed by atoms with Gasteiger partial charge in [-0.1, -0.05) is 17.7 Å². The number of nitro groups is 1. The molecule has 0 aliphatic carbocycles. The number of nitro benzene ring substituents is 1. The van der Waals surface area contributed by atoms with Crippen LogP contribution in [-0.2, 0) is 0 Å². The highest BCUT2D eigenvalue weighted by atomic mass is 35.5. The van der Waals surface area contributed by atoms with Crippen LogP contribution < -0.4 is 5.32 Å². The molecule has 5 nitrogen and oxygen atoms in total. The zero-order valence-corrected chi connectivity index (χ0v) is 10.7. The fourth-order valence-electron chi connectivity index (χ4n) is 1.66. The summed E-state index contributed by atoms with van der Waals surface area (Å²) in [5, 5.41) is 22.6. The average molecular weight is 292 g/mol. The van der Waals surface area contributed by atoms with Gasteiger partial charge in [-0.3, -0.25) is 10.1 Å². The maximum atomic E-state index is 13.1. The topological polar surface area (TPSA) is 79.0 Å². The largest absolute Gasteiger partial charge is 0.350 e. The predicted octanol–water partition coefficient (Wildman–Crippen LogP) is 4.00. The summed E-state index contributed by atoms with van der Waals surface area (Å²) in [5.74, 6) is -0.586. The molecule has 0 fully saturated rings. The molecule has 0 unspecified atom stereocenters. The van der Waals surface area contributed by atoms with Crippen molar-refractivity contribution in [2.24, 2.45) is 0 Å². The maximum absolute atomic E-state index is 13.1. The third-order valence-corrected chi connectivity index (χ3v) is 2.83. The Morgan fingerprint density at radius 2 is 2.10 bits per heavy atom. The van der Waals surface area contributed by atoms with E-state index in [-0.39, 0.29) is 22.0 Å². The zero-order chi connectivity index (χ0) is 14.7. The number of hydrogen-bond acceptors (Lipinski definition) is 4. The molecule has 20 heavy (non-hydrogen) atoms. The Balaban J connectivity index is 2.46. The van der Waals surface area contributed by atoms with Crippen molar-refractivity contribution in [3.8, 4) is 6.07 Å². The Labute approximate surface area is 118 Å². The van der Waals surface area contributed by atoms with Crippen molar-refractivity contribution in [3.05, 3.63) is 62.9 Å². The molecule has 100 valence electrons. The predicted molar refractivity (Wildman–Crippen MR) is 72.5 cm³/mol. The highest BCUT2D eigenvalue weighted by Gasteiger charge is 2.19.